The van der Waals surface area contributed by atoms with Crippen molar-refractivity contribution >= 4 is 15.9 Å². The first-order valence-electron chi connectivity index (χ1n) is 4.31. The Balaban J connectivity index is 3.19. The molecule has 0 aromatic heterocycles. The lowest BCUT2D eigenvalue weighted by atomic mass is 10.0. The van der Waals surface area contributed by atoms with Gasteiger partial charge in [0.25, 0.3) is 0 Å². The van der Waals surface area contributed by atoms with E-state index < -0.39 is 23.4 Å². The van der Waals surface area contributed by atoms with E-state index in [0.29, 0.717) is 13.0 Å². The summed E-state index contributed by atoms with van der Waals surface area (Å²) in [4.78, 5) is 0. The van der Waals surface area contributed by atoms with Crippen molar-refractivity contribution < 1.29 is 13.9 Å². The molecular weight excluding hydrogens is 270 g/mol. The Kier molecular flexibility index (Phi) is 4.01. The smallest absolute Gasteiger partial charge is 0.201 e. The molecule has 0 spiro atoms. The molecule has 0 aliphatic rings. The van der Waals surface area contributed by atoms with Crippen LogP contribution in [0.3, 0.4) is 0 Å². The van der Waals surface area contributed by atoms with Gasteiger partial charge in [0.2, 0.25) is 5.82 Å². The lowest BCUT2D eigenvalue weighted by Gasteiger charge is -2.14. The van der Waals surface area contributed by atoms with Gasteiger partial charge in [0.1, 0.15) is 0 Å². The van der Waals surface area contributed by atoms with Gasteiger partial charge in [-0.25, -0.2) is 4.39 Å². The van der Waals surface area contributed by atoms with Crippen molar-refractivity contribution in [2.75, 3.05) is 6.54 Å². The second kappa shape index (κ2) is 4.87. The summed E-state index contributed by atoms with van der Waals surface area (Å²) in [5.74, 6) is -3.18. The van der Waals surface area contributed by atoms with E-state index in [9.17, 15) is 13.9 Å². The van der Waals surface area contributed by atoms with Gasteiger partial charge in [0, 0.05) is 11.6 Å². The highest BCUT2D eigenvalue weighted by molar-refractivity contribution is 9.10. The van der Waals surface area contributed by atoms with Crippen LogP contribution in [0, 0.1) is 11.6 Å². The largest absolute Gasteiger partial charge is 0.505 e. The summed E-state index contributed by atoms with van der Waals surface area (Å²) in [6, 6.07) is 0.648. The van der Waals surface area contributed by atoms with Crippen LogP contribution in [0.15, 0.2) is 10.5 Å². The van der Waals surface area contributed by atoms with E-state index in [1.807, 2.05) is 0 Å². The highest BCUT2D eigenvalue weighted by Gasteiger charge is 2.20. The number of rotatable bonds is 3. The monoisotopic (exact) mass is 280 g/mol. The van der Waals surface area contributed by atoms with Gasteiger partial charge in [0.05, 0.1) is 4.47 Å². The van der Waals surface area contributed by atoms with Crippen molar-refractivity contribution in [3.63, 3.8) is 0 Å². The molecule has 0 aliphatic heterocycles. The minimum Gasteiger partial charge on any atom is -0.505 e. The van der Waals surface area contributed by atoms with E-state index >= 15 is 0 Å². The van der Waals surface area contributed by atoms with Gasteiger partial charge >= 0.3 is 0 Å². The summed E-state index contributed by atoms with van der Waals surface area (Å²) >= 11 is 2.84. The van der Waals surface area contributed by atoms with Crippen LogP contribution in [-0.2, 0) is 0 Å². The molecule has 0 amide bonds. The van der Waals surface area contributed by atoms with Crippen LogP contribution in [0.2, 0.25) is 0 Å². The lowest BCUT2D eigenvalue weighted by molar-refractivity contribution is 0.394. The fourth-order valence-corrected chi connectivity index (χ4v) is 1.64. The Morgan fingerprint density at radius 3 is 2.53 bits per heavy atom. The predicted octanol–water partition coefficient (Wildman–Crippen LogP) is 1.78. The molecule has 6 heteroatoms. The number of halogens is 3. The summed E-state index contributed by atoms with van der Waals surface area (Å²) in [5.41, 5.74) is 11.1. The van der Waals surface area contributed by atoms with Crippen LogP contribution in [0.1, 0.15) is 18.0 Å². The number of phenols is 1. The molecule has 5 N–H and O–H groups in total. The molecule has 3 nitrogen and oxygen atoms in total. The van der Waals surface area contributed by atoms with E-state index in [1.165, 1.54) is 6.07 Å². The average molecular weight is 281 g/mol. The molecule has 0 saturated carbocycles. The van der Waals surface area contributed by atoms with Gasteiger partial charge in [-0.15, -0.1) is 0 Å². The fraction of sp³-hybridized carbons (Fsp3) is 0.333. The quantitative estimate of drug-likeness (QED) is 0.739. The summed E-state index contributed by atoms with van der Waals surface area (Å²) in [6.07, 6.45) is 0.380. The zero-order valence-electron chi connectivity index (χ0n) is 7.80. The average Bonchev–Trinajstić information content (AvgIpc) is 2.20. The third-order valence-corrected chi connectivity index (χ3v) is 2.62. The predicted molar refractivity (Wildman–Crippen MR) is 56.3 cm³/mol. The Labute approximate surface area is 94.2 Å². The summed E-state index contributed by atoms with van der Waals surface area (Å²) in [7, 11) is 0. The molecule has 84 valence electrons. The summed E-state index contributed by atoms with van der Waals surface area (Å²) in [5, 5.41) is 9.34. The normalized spacial score (nSPS) is 12.9. The number of aromatic hydroxyl groups is 1. The van der Waals surface area contributed by atoms with E-state index in [0.717, 1.165) is 0 Å². The fourth-order valence-electron chi connectivity index (χ4n) is 1.22. The minimum atomic E-state index is -1.30. The topological polar surface area (TPSA) is 72.3 Å². The maximum atomic E-state index is 13.1. The van der Waals surface area contributed by atoms with Crippen molar-refractivity contribution in [2.45, 2.75) is 12.5 Å². The molecular formula is C9H11BrF2N2O. The van der Waals surface area contributed by atoms with Gasteiger partial charge in [-0.2, -0.15) is 4.39 Å². The Hall–Kier alpha value is -0.720. The number of hydrogen-bond donors (Lipinski definition) is 3. The van der Waals surface area contributed by atoms with Crippen molar-refractivity contribution in [1.82, 2.24) is 0 Å². The van der Waals surface area contributed by atoms with Crippen LogP contribution in [0.4, 0.5) is 8.78 Å². The van der Waals surface area contributed by atoms with E-state index in [-0.39, 0.29) is 10.0 Å². The molecule has 0 saturated heterocycles. The van der Waals surface area contributed by atoms with Crippen LogP contribution in [0.25, 0.3) is 0 Å². The highest BCUT2D eigenvalue weighted by Crippen LogP contribution is 2.33. The first-order valence-corrected chi connectivity index (χ1v) is 5.10. The Morgan fingerprint density at radius 1 is 1.40 bits per heavy atom. The number of nitrogens with two attached hydrogens (primary N) is 2. The van der Waals surface area contributed by atoms with Gasteiger partial charge in [-0.1, -0.05) is 0 Å². The van der Waals surface area contributed by atoms with Crippen molar-refractivity contribution in [2.24, 2.45) is 11.5 Å². The van der Waals surface area contributed by atoms with Crippen LogP contribution in [0.5, 0.6) is 5.75 Å². The van der Waals surface area contributed by atoms with Crippen molar-refractivity contribution in [1.29, 1.82) is 0 Å². The van der Waals surface area contributed by atoms with Crippen molar-refractivity contribution in [3.8, 4) is 5.75 Å². The molecule has 0 bridgehead atoms. The van der Waals surface area contributed by atoms with E-state index in [1.54, 1.807) is 0 Å². The lowest BCUT2D eigenvalue weighted by Crippen LogP contribution is -2.16. The molecule has 1 atom stereocenters. The zero-order valence-corrected chi connectivity index (χ0v) is 9.39. The van der Waals surface area contributed by atoms with Gasteiger partial charge < -0.3 is 16.6 Å². The second-order valence-corrected chi connectivity index (χ2v) is 3.96. The SMILES string of the molecule is NCC[C@H](N)c1cc(Br)c(F)c(F)c1O. The maximum absolute atomic E-state index is 13.1. The first kappa shape index (κ1) is 12.4. The maximum Gasteiger partial charge on any atom is 0.201 e. The molecule has 0 radical (unpaired) electrons. The van der Waals surface area contributed by atoms with Crippen LogP contribution < -0.4 is 11.5 Å². The first-order chi connectivity index (χ1) is 6.99. The molecule has 15 heavy (non-hydrogen) atoms. The zero-order chi connectivity index (χ0) is 11.6. The number of phenolic OH excluding ortho intramolecular Hbond substituents is 1. The van der Waals surface area contributed by atoms with Crippen LogP contribution in [-0.4, -0.2) is 11.7 Å². The molecule has 1 aromatic carbocycles. The molecule has 0 heterocycles. The van der Waals surface area contributed by atoms with Crippen molar-refractivity contribution in [3.05, 3.63) is 27.7 Å². The molecule has 0 aliphatic carbocycles. The number of hydrogen-bond acceptors (Lipinski definition) is 3. The van der Waals surface area contributed by atoms with E-state index in [4.69, 9.17) is 11.5 Å². The summed E-state index contributed by atoms with van der Waals surface area (Å²) in [6.45, 7) is 0.303. The standard InChI is InChI=1S/C9H11BrF2N2O/c10-5-3-4(6(14)1-2-13)9(15)8(12)7(5)11/h3,6,15H,1-2,13-14H2/t6-/m0/s1. The van der Waals surface area contributed by atoms with Gasteiger partial charge in [-0.3, -0.25) is 0 Å². The Bertz CT molecular complexity index is 374. The molecule has 0 unspecified atom stereocenters. The number of benzene rings is 1. The van der Waals surface area contributed by atoms with Crippen LogP contribution >= 0.6 is 15.9 Å². The highest BCUT2D eigenvalue weighted by atomic mass is 79.9. The second-order valence-electron chi connectivity index (χ2n) is 3.11. The third-order valence-electron chi connectivity index (χ3n) is 2.04. The van der Waals surface area contributed by atoms with Gasteiger partial charge in [0.15, 0.2) is 11.6 Å². The Morgan fingerprint density at radius 2 is 2.00 bits per heavy atom. The third kappa shape index (κ3) is 2.45. The molecule has 1 aromatic rings. The van der Waals surface area contributed by atoms with E-state index in [2.05, 4.69) is 15.9 Å². The molecule has 1 rings (SSSR count). The van der Waals surface area contributed by atoms with Gasteiger partial charge in [-0.05, 0) is 35.0 Å². The molecule has 0 fully saturated rings. The summed E-state index contributed by atoms with van der Waals surface area (Å²) < 4.78 is 26.0. The minimum absolute atomic E-state index is 0.0692.